The van der Waals surface area contributed by atoms with Gasteiger partial charge in [-0.15, -0.1) is 24.0 Å². The Morgan fingerprint density at radius 2 is 2.00 bits per heavy atom. The van der Waals surface area contributed by atoms with E-state index >= 15 is 0 Å². The van der Waals surface area contributed by atoms with Crippen molar-refractivity contribution in [1.82, 2.24) is 15.8 Å². The van der Waals surface area contributed by atoms with E-state index in [0.29, 0.717) is 25.0 Å². The molecule has 0 aliphatic heterocycles. The SMILES string of the molecule is CN=C(NCc1cccc(OC)c1)NCc1cc(C(C)C)no1.I. The lowest BCUT2D eigenvalue weighted by Gasteiger charge is -2.11. The van der Waals surface area contributed by atoms with Crippen molar-refractivity contribution in [3.8, 4) is 5.75 Å². The van der Waals surface area contributed by atoms with Gasteiger partial charge in [0.2, 0.25) is 0 Å². The summed E-state index contributed by atoms with van der Waals surface area (Å²) in [5.41, 5.74) is 2.08. The number of guanidine groups is 1. The zero-order chi connectivity index (χ0) is 16.7. The van der Waals surface area contributed by atoms with E-state index in [1.165, 1.54) is 0 Å². The Hall–Kier alpha value is -1.77. The predicted octanol–water partition coefficient (Wildman–Crippen LogP) is 3.29. The summed E-state index contributed by atoms with van der Waals surface area (Å²) in [4.78, 5) is 4.20. The number of nitrogens with one attached hydrogen (secondary N) is 2. The van der Waals surface area contributed by atoms with E-state index in [4.69, 9.17) is 9.26 Å². The first kappa shape index (κ1) is 20.3. The van der Waals surface area contributed by atoms with Gasteiger partial charge in [0.05, 0.1) is 19.3 Å². The molecule has 2 aromatic rings. The second-order valence-corrected chi connectivity index (χ2v) is 5.50. The van der Waals surface area contributed by atoms with E-state index in [1.807, 2.05) is 30.3 Å². The maximum atomic E-state index is 5.30. The van der Waals surface area contributed by atoms with Gasteiger partial charge in [0.25, 0.3) is 0 Å². The lowest BCUT2D eigenvalue weighted by Crippen LogP contribution is -2.36. The Balaban J connectivity index is 0.00000288. The third-order valence-corrected chi connectivity index (χ3v) is 3.42. The average molecular weight is 444 g/mol. The molecule has 6 nitrogen and oxygen atoms in total. The lowest BCUT2D eigenvalue weighted by molar-refractivity contribution is 0.372. The molecule has 0 amide bonds. The molecule has 1 aromatic carbocycles. The smallest absolute Gasteiger partial charge is 0.191 e. The van der Waals surface area contributed by atoms with Crippen LogP contribution >= 0.6 is 24.0 Å². The second-order valence-electron chi connectivity index (χ2n) is 5.50. The largest absolute Gasteiger partial charge is 0.497 e. The van der Waals surface area contributed by atoms with Crippen molar-refractivity contribution < 1.29 is 9.26 Å². The highest BCUT2D eigenvalue weighted by molar-refractivity contribution is 14.0. The summed E-state index contributed by atoms with van der Waals surface area (Å²) < 4.78 is 10.5. The number of aromatic nitrogens is 1. The number of methoxy groups -OCH3 is 1. The maximum absolute atomic E-state index is 5.30. The van der Waals surface area contributed by atoms with Crippen LogP contribution in [0.2, 0.25) is 0 Å². The Labute approximate surface area is 160 Å². The molecule has 1 aromatic heterocycles. The average Bonchev–Trinajstić information content (AvgIpc) is 3.04. The van der Waals surface area contributed by atoms with Crippen molar-refractivity contribution in [2.75, 3.05) is 14.2 Å². The number of benzene rings is 1. The van der Waals surface area contributed by atoms with E-state index in [2.05, 4.69) is 34.6 Å². The van der Waals surface area contributed by atoms with Crippen molar-refractivity contribution in [2.24, 2.45) is 4.99 Å². The summed E-state index contributed by atoms with van der Waals surface area (Å²) in [6, 6.07) is 9.88. The fourth-order valence-corrected chi connectivity index (χ4v) is 2.04. The fourth-order valence-electron chi connectivity index (χ4n) is 2.04. The molecule has 0 radical (unpaired) electrons. The fraction of sp³-hybridized carbons (Fsp3) is 0.412. The molecule has 0 saturated carbocycles. The van der Waals surface area contributed by atoms with Gasteiger partial charge in [0, 0.05) is 19.7 Å². The van der Waals surface area contributed by atoms with Gasteiger partial charge in [0.15, 0.2) is 11.7 Å². The molecule has 0 aliphatic carbocycles. The van der Waals surface area contributed by atoms with E-state index in [1.54, 1.807) is 14.2 Å². The van der Waals surface area contributed by atoms with Crippen molar-refractivity contribution >= 4 is 29.9 Å². The van der Waals surface area contributed by atoms with Crippen LogP contribution in [0.3, 0.4) is 0 Å². The quantitative estimate of drug-likeness (QED) is 0.407. The molecule has 2 N–H and O–H groups in total. The number of halogens is 1. The molecule has 0 atom stereocenters. The van der Waals surface area contributed by atoms with Crippen LogP contribution in [0.4, 0.5) is 0 Å². The van der Waals surface area contributed by atoms with Crippen LogP contribution in [-0.4, -0.2) is 25.3 Å². The summed E-state index contributed by atoms with van der Waals surface area (Å²) in [7, 11) is 3.40. The highest BCUT2D eigenvalue weighted by Gasteiger charge is 2.08. The zero-order valence-corrected chi connectivity index (χ0v) is 16.8. The van der Waals surface area contributed by atoms with Gasteiger partial charge in [-0.25, -0.2) is 0 Å². The number of ether oxygens (including phenoxy) is 1. The minimum atomic E-state index is 0. The minimum Gasteiger partial charge on any atom is -0.497 e. The molecule has 1 heterocycles. The van der Waals surface area contributed by atoms with Crippen molar-refractivity contribution in [3.05, 3.63) is 47.3 Å². The van der Waals surface area contributed by atoms with Gasteiger partial charge < -0.3 is 19.9 Å². The van der Waals surface area contributed by atoms with Gasteiger partial charge in [-0.1, -0.05) is 31.1 Å². The summed E-state index contributed by atoms with van der Waals surface area (Å²) in [5, 5.41) is 10.5. The first-order chi connectivity index (χ1) is 11.1. The van der Waals surface area contributed by atoms with Crippen molar-refractivity contribution in [3.63, 3.8) is 0 Å². The molecule has 2 rings (SSSR count). The van der Waals surface area contributed by atoms with Gasteiger partial charge in [-0.05, 0) is 23.6 Å². The van der Waals surface area contributed by atoms with Gasteiger partial charge >= 0.3 is 0 Å². The predicted molar refractivity (Wildman–Crippen MR) is 106 cm³/mol. The van der Waals surface area contributed by atoms with E-state index in [-0.39, 0.29) is 24.0 Å². The van der Waals surface area contributed by atoms with Crippen LogP contribution in [0.1, 0.15) is 36.8 Å². The number of hydrogen-bond donors (Lipinski definition) is 2. The Kier molecular flexibility index (Phi) is 8.59. The number of hydrogen-bond acceptors (Lipinski definition) is 4. The highest BCUT2D eigenvalue weighted by atomic mass is 127. The summed E-state index contributed by atoms with van der Waals surface area (Å²) >= 11 is 0. The number of aliphatic imine (C=N–C) groups is 1. The van der Waals surface area contributed by atoms with Crippen molar-refractivity contribution in [1.29, 1.82) is 0 Å². The molecule has 7 heteroatoms. The normalized spacial score (nSPS) is 11.1. The Morgan fingerprint density at radius 1 is 1.25 bits per heavy atom. The van der Waals surface area contributed by atoms with Crippen LogP contribution in [0.25, 0.3) is 0 Å². The summed E-state index contributed by atoms with van der Waals surface area (Å²) in [6.07, 6.45) is 0. The number of rotatable bonds is 6. The van der Waals surface area contributed by atoms with E-state index in [9.17, 15) is 0 Å². The van der Waals surface area contributed by atoms with Crippen LogP contribution in [0, 0.1) is 0 Å². The topological polar surface area (TPSA) is 71.7 Å². The van der Waals surface area contributed by atoms with E-state index in [0.717, 1.165) is 22.8 Å². The molecule has 0 fully saturated rings. The molecule has 24 heavy (non-hydrogen) atoms. The molecular formula is C17H25IN4O2. The highest BCUT2D eigenvalue weighted by Crippen LogP contribution is 2.14. The molecule has 0 spiro atoms. The van der Waals surface area contributed by atoms with Gasteiger partial charge in [0.1, 0.15) is 5.75 Å². The third-order valence-electron chi connectivity index (χ3n) is 3.42. The molecule has 0 bridgehead atoms. The summed E-state index contributed by atoms with van der Waals surface area (Å²) in [5.74, 6) is 2.70. The first-order valence-corrected chi connectivity index (χ1v) is 7.65. The lowest BCUT2D eigenvalue weighted by atomic mass is 10.1. The Bertz CT molecular complexity index is 656. The van der Waals surface area contributed by atoms with Crippen LogP contribution in [0.15, 0.2) is 39.8 Å². The van der Waals surface area contributed by atoms with Crippen molar-refractivity contribution in [2.45, 2.75) is 32.9 Å². The maximum Gasteiger partial charge on any atom is 0.191 e. The van der Waals surface area contributed by atoms with Crippen LogP contribution in [-0.2, 0) is 13.1 Å². The molecular weight excluding hydrogens is 419 g/mol. The third kappa shape index (κ3) is 6.03. The standard InChI is InChI=1S/C17H24N4O2.HI/c1-12(2)16-9-15(23-21-16)11-20-17(18-3)19-10-13-6-5-7-14(8-13)22-4;/h5-9,12H,10-11H2,1-4H3,(H2,18,19,20);1H. The Morgan fingerprint density at radius 3 is 2.62 bits per heavy atom. The van der Waals surface area contributed by atoms with Crippen LogP contribution in [0.5, 0.6) is 5.75 Å². The van der Waals surface area contributed by atoms with E-state index < -0.39 is 0 Å². The van der Waals surface area contributed by atoms with Gasteiger partial charge in [-0.3, -0.25) is 4.99 Å². The second kappa shape index (κ2) is 10.2. The zero-order valence-electron chi connectivity index (χ0n) is 14.5. The monoisotopic (exact) mass is 444 g/mol. The molecule has 0 unspecified atom stereocenters. The van der Waals surface area contributed by atoms with Gasteiger partial charge in [-0.2, -0.15) is 0 Å². The van der Waals surface area contributed by atoms with Crippen LogP contribution < -0.4 is 15.4 Å². The minimum absolute atomic E-state index is 0. The molecule has 0 aliphatic rings. The molecule has 0 saturated heterocycles. The molecule has 132 valence electrons. The number of nitrogens with zero attached hydrogens (tertiary/aromatic N) is 2. The summed E-state index contributed by atoms with van der Waals surface area (Å²) in [6.45, 7) is 5.37. The first-order valence-electron chi connectivity index (χ1n) is 7.65.